The van der Waals surface area contributed by atoms with Gasteiger partial charge in [0, 0.05) is 12.2 Å². The molecule has 0 saturated carbocycles. The van der Waals surface area contributed by atoms with Gasteiger partial charge in [0.05, 0.1) is 6.04 Å². The van der Waals surface area contributed by atoms with Crippen LogP contribution in [-0.4, -0.2) is 52.9 Å². The van der Waals surface area contributed by atoms with Crippen molar-refractivity contribution in [2.45, 2.75) is 39.8 Å². The second kappa shape index (κ2) is 7.66. The van der Waals surface area contributed by atoms with Gasteiger partial charge in [-0.05, 0) is 19.8 Å². The second-order valence-corrected chi connectivity index (χ2v) is 5.73. The fourth-order valence-corrected chi connectivity index (χ4v) is 1.89. The van der Waals surface area contributed by atoms with Crippen LogP contribution in [0.25, 0.3) is 0 Å². The minimum Gasteiger partial charge on any atom is -0.345 e. The Bertz CT molecular complexity index is 549. The number of carbonyl (C=O) groups is 5. The van der Waals surface area contributed by atoms with Gasteiger partial charge in [-0.2, -0.15) is 0 Å². The quantitative estimate of drug-likeness (QED) is 0.592. The average Bonchev–Trinajstić information content (AvgIpc) is 2.75. The number of amides is 4. The van der Waals surface area contributed by atoms with Crippen LogP contribution in [-0.2, 0) is 24.0 Å². The van der Waals surface area contributed by atoms with Crippen LogP contribution in [0.3, 0.4) is 0 Å². The van der Waals surface area contributed by atoms with Crippen molar-refractivity contribution in [3.63, 3.8) is 0 Å². The van der Waals surface area contributed by atoms with Crippen LogP contribution in [0.2, 0.25) is 0 Å². The van der Waals surface area contributed by atoms with Gasteiger partial charge in [0.25, 0.3) is 11.8 Å². The monoisotopic (exact) mass is 323 g/mol. The third-order valence-electron chi connectivity index (χ3n) is 3.44. The Hall–Kier alpha value is -2.51. The number of carbonyl (C=O) groups excluding carboxylic acids is 5. The molecule has 8 heteroatoms. The highest BCUT2D eigenvalue weighted by Crippen LogP contribution is 2.05. The third kappa shape index (κ3) is 5.01. The summed E-state index contributed by atoms with van der Waals surface area (Å²) in [6.07, 6.45) is 2.16. The molecule has 2 N–H and O–H groups in total. The SMILES string of the molecule is CC(=O)[C@H](C)NC(=O)[C@@H](NC(=O)CN1C(=O)C=CC1=O)C(C)C. The summed E-state index contributed by atoms with van der Waals surface area (Å²) in [5.74, 6) is -2.69. The van der Waals surface area contributed by atoms with Crippen molar-refractivity contribution in [2.75, 3.05) is 6.54 Å². The van der Waals surface area contributed by atoms with Crippen molar-refractivity contribution in [2.24, 2.45) is 5.92 Å². The zero-order chi connectivity index (χ0) is 17.7. The standard InChI is InChI=1S/C15H21N3O5/c1-8(2)14(15(23)16-9(3)10(4)19)17-11(20)7-18-12(21)5-6-13(18)22/h5-6,8-9,14H,7H2,1-4H3,(H,16,23)(H,17,20)/t9-,14-/m0/s1. The fraction of sp³-hybridized carbons (Fsp3) is 0.533. The van der Waals surface area contributed by atoms with Gasteiger partial charge < -0.3 is 10.6 Å². The average molecular weight is 323 g/mol. The molecule has 0 unspecified atom stereocenters. The highest BCUT2D eigenvalue weighted by atomic mass is 16.2. The summed E-state index contributed by atoms with van der Waals surface area (Å²) >= 11 is 0. The molecule has 0 aromatic carbocycles. The van der Waals surface area contributed by atoms with Crippen molar-refractivity contribution >= 4 is 29.4 Å². The lowest BCUT2D eigenvalue weighted by Crippen LogP contribution is -2.54. The second-order valence-electron chi connectivity index (χ2n) is 5.73. The maximum atomic E-state index is 12.2. The van der Waals surface area contributed by atoms with E-state index in [1.54, 1.807) is 20.8 Å². The number of hydrogen-bond donors (Lipinski definition) is 2. The normalized spacial score (nSPS) is 16.5. The summed E-state index contributed by atoms with van der Waals surface area (Å²) in [5.41, 5.74) is 0. The van der Waals surface area contributed by atoms with Crippen LogP contribution in [0.5, 0.6) is 0 Å². The minimum atomic E-state index is -0.870. The largest absolute Gasteiger partial charge is 0.345 e. The van der Waals surface area contributed by atoms with Gasteiger partial charge in [-0.3, -0.25) is 28.9 Å². The molecule has 0 saturated heterocycles. The van der Waals surface area contributed by atoms with Crippen molar-refractivity contribution < 1.29 is 24.0 Å². The molecule has 126 valence electrons. The number of hydrogen-bond acceptors (Lipinski definition) is 5. The number of Topliss-reactive ketones (excluding diaryl/α,β-unsaturated/α-hetero) is 1. The van der Waals surface area contributed by atoms with E-state index in [-0.39, 0.29) is 11.7 Å². The Morgan fingerprint density at radius 2 is 1.57 bits per heavy atom. The number of nitrogens with one attached hydrogen (secondary N) is 2. The molecule has 1 heterocycles. The number of rotatable bonds is 7. The molecule has 0 bridgehead atoms. The molecule has 0 aromatic rings. The highest BCUT2D eigenvalue weighted by molar-refractivity contribution is 6.14. The molecule has 1 aliphatic heterocycles. The summed E-state index contributed by atoms with van der Waals surface area (Å²) in [4.78, 5) is 59.0. The van der Waals surface area contributed by atoms with E-state index < -0.39 is 42.3 Å². The third-order valence-corrected chi connectivity index (χ3v) is 3.44. The van der Waals surface area contributed by atoms with Gasteiger partial charge in [-0.1, -0.05) is 13.8 Å². The topological polar surface area (TPSA) is 113 Å². The highest BCUT2D eigenvalue weighted by Gasteiger charge is 2.29. The minimum absolute atomic E-state index is 0.202. The molecular formula is C15H21N3O5. The molecule has 0 aliphatic carbocycles. The Labute approximate surface area is 134 Å². The Morgan fingerprint density at radius 3 is 2.00 bits per heavy atom. The van der Waals surface area contributed by atoms with E-state index in [9.17, 15) is 24.0 Å². The molecule has 2 atom stereocenters. The van der Waals surface area contributed by atoms with Gasteiger partial charge in [-0.25, -0.2) is 0 Å². The van der Waals surface area contributed by atoms with Gasteiger partial charge in [0.2, 0.25) is 11.8 Å². The molecule has 23 heavy (non-hydrogen) atoms. The first-order valence-corrected chi connectivity index (χ1v) is 7.27. The lowest BCUT2D eigenvalue weighted by molar-refractivity contribution is -0.141. The lowest BCUT2D eigenvalue weighted by Gasteiger charge is -2.24. The van der Waals surface area contributed by atoms with Crippen molar-refractivity contribution in [1.82, 2.24) is 15.5 Å². The molecule has 0 aromatic heterocycles. The summed E-state index contributed by atoms with van der Waals surface area (Å²) in [7, 11) is 0. The smallest absolute Gasteiger partial charge is 0.254 e. The molecule has 0 fully saturated rings. The van der Waals surface area contributed by atoms with E-state index >= 15 is 0 Å². The molecule has 1 aliphatic rings. The maximum Gasteiger partial charge on any atom is 0.254 e. The van der Waals surface area contributed by atoms with Crippen molar-refractivity contribution in [3.8, 4) is 0 Å². The van der Waals surface area contributed by atoms with E-state index in [0.29, 0.717) is 0 Å². The van der Waals surface area contributed by atoms with Crippen LogP contribution in [0.15, 0.2) is 12.2 Å². The zero-order valence-electron chi connectivity index (χ0n) is 13.6. The van der Waals surface area contributed by atoms with E-state index in [1.807, 2.05) is 0 Å². The van der Waals surface area contributed by atoms with Gasteiger partial charge in [0.1, 0.15) is 12.6 Å². The van der Waals surface area contributed by atoms with Crippen molar-refractivity contribution in [3.05, 3.63) is 12.2 Å². The predicted octanol–water partition coefficient (Wildman–Crippen LogP) is -0.854. The molecular weight excluding hydrogens is 302 g/mol. The summed E-state index contributed by atoms with van der Waals surface area (Å²) in [5, 5.41) is 5.01. The predicted molar refractivity (Wildman–Crippen MR) is 80.9 cm³/mol. The first kappa shape index (κ1) is 18.5. The van der Waals surface area contributed by atoms with Gasteiger partial charge >= 0.3 is 0 Å². The number of ketones is 1. The Balaban J connectivity index is 2.67. The molecule has 8 nitrogen and oxygen atoms in total. The van der Waals surface area contributed by atoms with E-state index in [0.717, 1.165) is 17.1 Å². The van der Waals surface area contributed by atoms with E-state index in [2.05, 4.69) is 10.6 Å². The Morgan fingerprint density at radius 1 is 1.04 bits per heavy atom. The van der Waals surface area contributed by atoms with Crippen molar-refractivity contribution in [1.29, 1.82) is 0 Å². The van der Waals surface area contributed by atoms with Crippen LogP contribution in [0.1, 0.15) is 27.7 Å². The first-order valence-electron chi connectivity index (χ1n) is 7.27. The summed E-state index contributed by atoms with van der Waals surface area (Å²) in [6, 6.07) is -1.53. The summed E-state index contributed by atoms with van der Waals surface area (Å²) < 4.78 is 0. The number of nitrogens with zero attached hydrogens (tertiary/aromatic N) is 1. The number of imide groups is 1. The van der Waals surface area contributed by atoms with Crippen LogP contribution >= 0.6 is 0 Å². The zero-order valence-corrected chi connectivity index (χ0v) is 13.6. The van der Waals surface area contributed by atoms with Crippen LogP contribution in [0, 0.1) is 5.92 Å². The van der Waals surface area contributed by atoms with Crippen LogP contribution in [0.4, 0.5) is 0 Å². The van der Waals surface area contributed by atoms with Gasteiger partial charge in [0.15, 0.2) is 5.78 Å². The van der Waals surface area contributed by atoms with E-state index in [4.69, 9.17) is 0 Å². The van der Waals surface area contributed by atoms with E-state index in [1.165, 1.54) is 6.92 Å². The molecule has 0 radical (unpaired) electrons. The molecule has 0 spiro atoms. The lowest BCUT2D eigenvalue weighted by atomic mass is 10.0. The van der Waals surface area contributed by atoms with Gasteiger partial charge in [-0.15, -0.1) is 0 Å². The molecule has 1 rings (SSSR count). The first-order chi connectivity index (χ1) is 10.6. The Kier molecular flexibility index (Phi) is 6.18. The fourth-order valence-electron chi connectivity index (χ4n) is 1.89. The summed E-state index contributed by atoms with van der Waals surface area (Å²) in [6.45, 7) is 5.91. The molecule has 4 amide bonds. The maximum absolute atomic E-state index is 12.2. The van der Waals surface area contributed by atoms with Crippen LogP contribution < -0.4 is 10.6 Å².